The fourth-order valence-corrected chi connectivity index (χ4v) is 1.08. The van der Waals surface area contributed by atoms with Crippen LogP contribution < -0.4 is 0 Å². The summed E-state index contributed by atoms with van der Waals surface area (Å²) in [6.45, 7) is 15.2. The van der Waals surface area contributed by atoms with Crippen molar-refractivity contribution >= 4 is 0 Å². The van der Waals surface area contributed by atoms with Gasteiger partial charge in [-0.1, -0.05) is 17.7 Å². The monoisotopic (exact) mass is 166 g/mol. The molecule has 0 spiro atoms. The molecule has 0 aliphatic heterocycles. The van der Waals surface area contributed by atoms with Crippen LogP contribution in [0.1, 0.15) is 26.7 Å². The van der Waals surface area contributed by atoms with E-state index >= 15 is 0 Å². The topological polar surface area (TPSA) is 9.23 Å². The van der Waals surface area contributed by atoms with Crippen molar-refractivity contribution < 1.29 is 4.74 Å². The first-order valence-electron chi connectivity index (χ1n) is 4.11. The molecule has 0 aromatic carbocycles. The van der Waals surface area contributed by atoms with Gasteiger partial charge in [-0.3, -0.25) is 0 Å². The Balaban J connectivity index is 3.93. The summed E-state index contributed by atoms with van der Waals surface area (Å²) in [5.74, 6) is 0. The van der Waals surface area contributed by atoms with E-state index < -0.39 is 0 Å². The van der Waals surface area contributed by atoms with Gasteiger partial charge in [0.25, 0.3) is 0 Å². The zero-order chi connectivity index (χ0) is 9.56. The molecular weight excluding hydrogens is 148 g/mol. The molecule has 0 rings (SSSR count). The Bertz CT molecular complexity index is 163. The summed E-state index contributed by atoms with van der Waals surface area (Å²) in [5.41, 5.74) is 2.26. The summed E-state index contributed by atoms with van der Waals surface area (Å²) in [6.07, 6.45) is 3.39. The SMILES string of the molecule is C=COC(CC(=C)C)CC(=C)C. The largest absolute Gasteiger partial charge is 0.498 e. The predicted octanol–water partition coefficient (Wildman–Crippen LogP) is 3.45. The second-order valence-electron chi connectivity index (χ2n) is 3.25. The van der Waals surface area contributed by atoms with Crippen molar-refractivity contribution in [1.82, 2.24) is 0 Å². The van der Waals surface area contributed by atoms with E-state index in [1.807, 2.05) is 13.8 Å². The third-order valence-electron chi connectivity index (χ3n) is 1.44. The van der Waals surface area contributed by atoms with Crippen LogP contribution in [0, 0.1) is 0 Å². The lowest BCUT2D eigenvalue weighted by molar-refractivity contribution is 0.145. The van der Waals surface area contributed by atoms with Gasteiger partial charge in [0, 0.05) is 12.8 Å². The molecule has 0 aromatic rings. The van der Waals surface area contributed by atoms with Crippen LogP contribution in [-0.4, -0.2) is 6.10 Å². The highest BCUT2D eigenvalue weighted by Crippen LogP contribution is 2.14. The van der Waals surface area contributed by atoms with Crippen LogP contribution in [0.25, 0.3) is 0 Å². The van der Waals surface area contributed by atoms with E-state index in [-0.39, 0.29) is 6.10 Å². The number of hydrogen-bond acceptors (Lipinski definition) is 1. The second kappa shape index (κ2) is 5.64. The molecule has 0 amide bonds. The molecular formula is C11H18O. The minimum absolute atomic E-state index is 0.164. The van der Waals surface area contributed by atoms with Crippen LogP contribution in [-0.2, 0) is 4.74 Å². The van der Waals surface area contributed by atoms with Gasteiger partial charge < -0.3 is 4.74 Å². The molecule has 0 heterocycles. The molecule has 12 heavy (non-hydrogen) atoms. The number of hydrogen-bond donors (Lipinski definition) is 0. The van der Waals surface area contributed by atoms with Gasteiger partial charge in [0.1, 0.15) is 6.10 Å². The zero-order valence-electron chi connectivity index (χ0n) is 8.10. The summed E-state index contributed by atoms with van der Waals surface area (Å²) in [4.78, 5) is 0. The Morgan fingerprint density at radius 2 is 1.67 bits per heavy atom. The Morgan fingerprint density at radius 3 is 1.92 bits per heavy atom. The summed E-state index contributed by atoms with van der Waals surface area (Å²) in [5, 5.41) is 0. The summed E-state index contributed by atoms with van der Waals surface area (Å²) < 4.78 is 5.31. The van der Waals surface area contributed by atoms with E-state index in [4.69, 9.17) is 4.74 Å². The molecule has 0 aliphatic carbocycles. The quantitative estimate of drug-likeness (QED) is 0.434. The molecule has 0 saturated carbocycles. The lowest BCUT2D eigenvalue weighted by Crippen LogP contribution is -2.10. The first-order chi connectivity index (χ1) is 5.56. The summed E-state index contributed by atoms with van der Waals surface area (Å²) in [7, 11) is 0. The summed E-state index contributed by atoms with van der Waals surface area (Å²) in [6, 6.07) is 0. The van der Waals surface area contributed by atoms with Crippen LogP contribution in [0.2, 0.25) is 0 Å². The van der Waals surface area contributed by atoms with Crippen LogP contribution >= 0.6 is 0 Å². The zero-order valence-corrected chi connectivity index (χ0v) is 8.10. The molecule has 68 valence electrons. The highest BCUT2D eigenvalue weighted by molar-refractivity contribution is 4.98. The molecule has 0 aromatic heterocycles. The minimum Gasteiger partial charge on any atom is -0.498 e. The van der Waals surface area contributed by atoms with Gasteiger partial charge in [0.15, 0.2) is 0 Å². The molecule has 1 heteroatoms. The van der Waals surface area contributed by atoms with E-state index in [1.165, 1.54) is 6.26 Å². The predicted molar refractivity (Wildman–Crippen MR) is 53.9 cm³/mol. The fourth-order valence-electron chi connectivity index (χ4n) is 1.08. The van der Waals surface area contributed by atoms with Crippen molar-refractivity contribution in [2.75, 3.05) is 0 Å². The highest BCUT2D eigenvalue weighted by Gasteiger charge is 2.07. The van der Waals surface area contributed by atoms with Gasteiger partial charge in [0.2, 0.25) is 0 Å². The molecule has 0 N–H and O–H groups in total. The third kappa shape index (κ3) is 5.78. The van der Waals surface area contributed by atoms with Crippen molar-refractivity contribution in [2.24, 2.45) is 0 Å². The smallest absolute Gasteiger partial charge is 0.105 e. The van der Waals surface area contributed by atoms with Gasteiger partial charge in [0.05, 0.1) is 6.26 Å². The van der Waals surface area contributed by atoms with E-state index in [0.717, 1.165) is 24.0 Å². The molecule has 0 aliphatic rings. The van der Waals surface area contributed by atoms with Gasteiger partial charge in [-0.25, -0.2) is 0 Å². The number of ether oxygens (including phenoxy) is 1. The van der Waals surface area contributed by atoms with Gasteiger partial charge in [-0.15, -0.1) is 13.2 Å². The van der Waals surface area contributed by atoms with Crippen molar-refractivity contribution in [3.05, 3.63) is 37.1 Å². The molecule has 0 saturated heterocycles. The normalized spacial score (nSPS) is 9.58. The Kier molecular flexibility index (Phi) is 5.18. The lowest BCUT2D eigenvalue weighted by Gasteiger charge is -2.16. The first-order valence-corrected chi connectivity index (χ1v) is 4.11. The molecule has 0 radical (unpaired) electrons. The Labute approximate surface area is 75.4 Å². The Hall–Kier alpha value is -0.980. The van der Waals surface area contributed by atoms with E-state index in [0.29, 0.717) is 0 Å². The maximum absolute atomic E-state index is 5.31. The standard InChI is InChI=1S/C11H18O/c1-6-12-11(7-9(2)3)8-10(4)5/h6,11H,1-2,4,7-8H2,3,5H3. The molecule has 1 nitrogen and oxygen atoms in total. The van der Waals surface area contributed by atoms with E-state index in [2.05, 4.69) is 19.7 Å². The minimum atomic E-state index is 0.164. The van der Waals surface area contributed by atoms with Crippen LogP contribution in [0.5, 0.6) is 0 Å². The molecule has 0 fully saturated rings. The third-order valence-corrected chi connectivity index (χ3v) is 1.44. The first kappa shape index (κ1) is 11.0. The van der Waals surface area contributed by atoms with Gasteiger partial charge in [-0.2, -0.15) is 0 Å². The lowest BCUT2D eigenvalue weighted by atomic mass is 10.1. The van der Waals surface area contributed by atoms with Gasteiger partial charge in [-0.05, 0) is 13.8 Å². The maximum Gasteiger partial charge on any atom is 0.105 e. The molecule has 0 bridgehead atoms. The van der Waals surface area contributed by atoms with Crippen molar-refractivity contribution in [1.29, 1.82) is 0 Å². The van der Waals surface area contributed by atoms with Gasteiger partial charge >= 0.3 is 0 Å². The van der Waals surface area contributed by atoms with Crippen LogP contribution in [0.3, 0.4) is 0 Å². The highest BCUT2D eigenvalue weighted by atomic mass is 16.5. The fraction of sp³-hybridized carbons (Fsp3) is 0.455. The van der Waals surface area contributed by atoms with Crippen LogP contribution in [0.15, 0.2) is 37.1 Å². The second-order valence-corrected chi connectivity index (χ2v) is 3.25. The van der Waals surface area contributed by atoms with E-state index in [1.54, 1.807) is 0 Å². The van der Waals surface area contributed by atoms with Crippen molar-refractivity contribution in [2.45, 2.75) is 32.8 Å². The maximum atomic E-state index is 5.31. The average Bonchev–Trinajstić information content (AvgIpc) is 1.84. The van der Waals surface area contributed by atoms with Crippen LogP contribution in [0.4, 0.5) is 0 Å². The Morgan fingerprint density at radius 1 is 1.25 bits per heavy atom. The average molecular weight is 166 g/mol. The van der Waals surface area contributed by atoms with E-state index in [9.17, 15) is 0 Å². The summed E-state index contributed by atoms with van der Waals surface area (Å²) >= 11 is 0. The number of rotatable bonds is 6. The molecule has 0 atom stereocenters. The van der Waals surface area contributed by atoms with Crippen molar-refractivity contribution in [3.63, 3.8) is 0 Å². The van der Waals surface area contributed by atoms with Crippen molar-refractivity contribution in [3.8, 4) is 0 Å². The molecule has 0 unspecified atom stereocenters.